The number of para-hydroxylation sites is 3. The predicted molar refractivity (Wildman–Crippen MR) is 213 cm³/mol. The van der Waals surface area contributed by atoms with Crippen molar-refractivity contribution in [2.75, 3.05) is 0 Å². The summed E-state index contributed by atoms with van der Waals surface area (Å²) in [5.41, 5.74) is 9.72. The molecular weight excluding hydrogens is 605 g/mol. The Labute approximate surface area is 288 Å². The maximum absolute atomic E-state index is 2.53. The van der Waals surface area contributed by atoms with E-state index in [1.54, 1.807) is 0 Å². The summed E-state index contributed by atoms with van der Waals surface area (Å²) in [6.07, 6.45) is 0. The van der Waals surface area contributed by atoms with Crippen molar-refractivity contribution in [1.29, 1.82) is 0 Å². The molecule has 0 fully saturated rings. The molecule has 11 aromatic rings. The van der Waals surface area contributed by atoms with Gasteiger partial charge in [0, 0.05) is 38.0 Å². The number of nitrogens with zero attached hydrogens (tertiary/aromatic N) is 2. The van der Waals surface area contributed by atoms with Gasteiger partial charge in [0.05, 0.1) is 27.8 Å². The summed E-state index contributed by atoms with van der Waals surface area (Å²) in [4.78, 5) is 0. The molecule has 0 aliphatic heterocycles. The van der Waals surface area contributed by atoms with E-state index in [2.05, 4.69) is 191 Å². The minimum absolute atomic E-state index is 1.16. The van der Waals surface area contributed by atoms with Crippen molar-refractivity contribution >= 4 is 75.9 Å². The fraction of sp³-hybridized carbons (Fsp3) is 0. The van der Waals surface area contributed by atoms with Crippen LogP contribution in [0.1, 0.15) is 0 Å². The molecule has 0 N–H and O–H groups in total. The first-order chi connectivity index (χ1) is 24.8. The highest BCUT2D eigenvalue weighted by Gasteiger charge is 2.22. The second kappa shape index (κ2) is 10.4. The molecular formula is C48H30N2. The van der Waals surface area contributed by atoms with Gasteiger partial charge in [-0.1, -0.05) is 140 Å². The van der Waals surface area contributed by atoms with Crippen LogP contribution in [0.5, 0.6) is 0 Å². The van der Waals surface area contributed by atoms with Gasteiger partial charge in [-0.2, -0.15) is 0 Å². The highest BCUT2D eigenvalue weighted by Crippen LogP contribution is 2.45. The van der Waals surface area contributed by atoms with Crippen molar-refractivity contribution in [3.8, 4) is 22.5 Å². The van der Waals surface area contributed by atoms with E-state index in [0.29, 0.717) is 0 Å². The van der Waals surface area contributed by atoms with E-state index in [-0.39, 0.29) is 0 Å². The summed E-state index contributed by atoms with van der Waals surface area (Å²) >= 11 is 0. The van der Waals surface area contributed by atoms with Crippen LogP contribution in [0, 0.1) is 0 Å². The maximum Gasteiger partial charge on any atom is 0.0619 e. The molecule has 2 nitrogen and oxygen atoms in total. The first-order valence-electron chi connectivity index (χ1n) is 17.3. The third-order valence-corrected chi connectivity index (χ3v) is 10.6. The Kier molecular flexibility index (Phi) is 5.70. The lowest BCUT2D eigenvalue weighted by Gasteiger charge is -2.20. The average Bonchev–Trinajstić information content (AvgIpc) is 3.68. The highest BCUT2D eigenvalue weighted by atomic mass is 15.0. The van der Waals surface area contributed by atoms with Gasteiger partial charge in [0.1, 0.15) is 0 Å². The minimum Gasteiger partial charge on any atom is -0.309 e. The van der Waals surface area contributed by atoms with Gasteiger partial charge in [-0.05, 0) is 75.1 Å². The average molecular weight is 635 g/mol. The lowest BCUT2D eigenvalue weighted by Crippen LogP contribution is -1.99. The third-order valence-electron chi connectivity index (χ3n) is 10.6. The zero-order chi connectivity index (χ0) is 32.8. The molecule has 0 spiro atoms. The number of hydrogen-bond donors (Lipinski definition) is 0. The number of benzene rings is 9. The van der Waals surface area contributed by atoms with Crippen LogP contribution in [-0.4, -0.2) is 9.13 Å². The van der Waals surface area contributed by atoms with Crippen LogP contribution < -0.4 is 0 Å². The van der Waals surface area contributed by atoms with E-state index in [4.69, 9.17) is 0 Å². The molecule has 0 radical (unpaired) electrons. The molecule has 0 saturated heterocycles. The van der Waals surface area contributed by atoms with Crippen molar-refractivity contribution in [3.05, 3.63) is 182 Å². The van der Waals surface area contributed by atoms with Gasteiger partial charge in [-0.15, -0.1) is 0 Å². The first-order valence-corrected chi connectivity index (χ1v) is 17.3. The van der Waals surface area contributed by atoms with E-state index >= 15 is 0 Å². The second-order valence-corrected chi connectivity index (χ2v) is 13.3. The Morgan fingerprint density at radius 1 is 0.280 bits per heavy atom. The van der Waals surface area contributed by atoms with E-state index in [9.17, 15) is 0 Å². The Morgan fingerprint density at radius 3 is 1.44 bits per heavy atom. The zero-order valence-electron chi connectivity index (χ0n) is 27.2. The fourth-order valence-corrected chi connectivity index (χ4v) is 8.53. The number of rotatable bonds is 3. The molecule has 2 aromatic heterocycles. The predicted octanol–water partition coefficient (Wildman–Crippen LogP) is 13.0. The highest BCUT2D eigenvalue weighted by molar-refractivity contribution is 6.23. The molecule has 0 unspecified atom stereocenters. The van der Waals surface area contributed by atoms with E-state index < -0.39 is 0 Å². The number of hydrogen-bond acceptors (Lipinski definition) is 0. The summed E-state index contributed by atoms with van der Waals surface area (Å²) in [5.74, 6) is 0. The Balaban J connectivity index is 1.31. The summed E-state index contributed by atoms with van der Waals surface area (Å²) in [5, 5.41) is 12.5. The van der Waals surface area contributed by atoms with Gasteiger partial charge in [0.2, 0.25) is 0 Å². The molecule has 0 aliphatic rings. The molecule has 9 aromatic carbocycles. The van der Waals surface area contributed by atoms with Crippen LogP contribution in [0.4, 0.5) is 0 Å². The van der Waals surface area contributed by atoms with Crippen LogP contribution in [0.3, 0.4) is 0 Å². The lowest BCUT2D eigenvalue weighted by atomic mass is 9.89. The summed E-state index contributed by atoms with van der Waals surface area (Å²) in [7, 11) is 0. The summed E-state index contributed by atoms with van der Waals surface area (Å²) in [6, 6.07) is 66.8. The fourth-order valence-electron chi connectivity index (χ4n) is 8.53. The Morgan fingerprint density at radius 2 is 0.780 bits per heavy atom. The Bertz CT molecular complexity index is 3080. The minimum atomic E-state index is 1.16. The van der Waals surface area contributed by atoms with Gasteiger partial charge >= 0.3 is 0 Å². The van der Waals surface area contributed by atoms with Gasteiger partial charge in [-0.3, -0.25) is 0 Å². The smallest absolute Gasteiger partial charge is 0.0619 e. The normalized spacial score (nSPS) is 12.0. The lowest BCUT2D eigenvalue weighted by molar-refractivity contribution is 1.17. The number of fused-ring (bicyclic) bond motifs is 9. The van der Waals surface area contributed by atoms with Crippen LogP contribution >= 0.6 is 0 Å². The van der Waals surface area contributed by atoms with Gasteiger partial charge < -0.3 is 9.13 Å². The SMILES string of the molecule is c1ccc(-n2c3ccccc3c3cc4c5ccccc5n(-c5c6ccccc6c(-c6ccc7ccccc7c6)c6ccccc56)c4cc32)cc1. The van der Waals surface area contributed by atoms with Crippen LogP contribution in [-0.2, 0) is 0 Å². The van der Waals surface area contributed by atoms with Crippen molar-refractivity contribution in [1.82, 2.24) is 9.13 Å². The van der Waals surface area contributed by atoms with Crippen molar-refractivity contribution in [2.24, 2.45) is 0 Å². The van der Waals surface area contributed by atoms with E-state index in [1.807, 2.05) is 0 Å². The standard InChI is InChI=1S/C48H30N2/c1-2-16-34(17-3-1)49-43-24-12-10-18-35(43)41-29-42-36-19-11-13-25-44(36)50(46(42)30-45(41)49)48-39-22-8-6-20-37(39)47(38-21-7-9-23-40(38)48)33-27-26-31-14-4-5-15-32(31)28-33/h1-30H. The third kappa shape index (κ3) is 3.79. The molecule has 2 heterocycles. The molecule has 11 rings (SSSR count). The zero-order valence-corrected chi connectivity index (χ0v) is 27.2. The maximum atomic E-state index is 2.53. The topological polar surface area (TPSA) is 9.86 Å². The van der Waals surface area contributed by atoms with Gasteiger partial charge in [0.15, 0.2) is 0 Å². The molecule has 232 valence electrons. The molecule has 2 heteroatoms. The van der Waals surface area contributed by atoms with Crippen LogP contribution in [0.2, 0.25) is 0 Å². The molecule has 0 bridgehead atoms. The monoisotopic (exact) mass is 634 g/mol. The largest absolute Gasteiger partial charge is 0.309 e. The van der Waals surface area contributed by atoms with E-state index in [0.717, 1.165) is 5.69 Å². The van der Waals surface area contributed by atoms with Crippen LogP contribution in [0.15, 0.2) is 182 Å². The number of aromatic nitrogens is 2. The Hall–Kier alpha value is -6.64. The van der Waals surface area contributed by atoms with Gasteiger partial charge in [-0.25, -0.2) is 0 Å². The molecule has 0 atom stereocenters. The van der Waals surface area contributed by atoms with Gasteiger partial charge in [0.25, 0.3) is 0 Å². The first kappa shape index (κ1) is 27.3. The quantitative estimate of drug-likeness (QED) is 0.171. The van der Waals surface area contributed by atoms with Crippen molar-refractivity contribution in [2.45, 2.75) is 0 Å². The summed E-state index contributed by atoms with van der Waals surface area (Å²) in [6.45, 7) is 0. The second-order valence-electron chi connectivity index (χ2n) is 13.3. The van der Waals surface area contributed by atoms with E-state index in [1.165, 1.54) is 92.7 Å². The molecule has 0 aliphatic carbocycles. The van der Waals surface area contributed by atoms with Crippen LogP contribution in [0.25, 0.3) is 98.4 Å². The van der Waals surface area contributed by atoms with Crippen molar-refractivity contribution in [3.63, 3.8) is 0 Å². The molecule has 0 saturated carbocycles. The van der Waals surface area contributed by atoms with Crippen molar-refractivity contribution < 1.29 is 0 Å². The molecule has 0 amide bonds. The summed E-state index contributed by atoms with van der Waals surface area (Å²) < 4.78 is 4.96. The molecule has 50 heavy (non-hydrogen) atoms.